The molecule has 0 saturated carbocycles. The van der Waals surface area contributed by atoms with Gasteiger partial charge in [0.05, 0.1) is 5.56 Å². The summed E-state index contributed by atoms with van der Waals surface area (Å²) in [6.45, 7) is 6.96. The van der Waals surface area contributed by atoms with E-state index in [-0.39, 0.29) is 17.2 Å². The molecule has 0 spiro atoms. The lowest BCUT2D eigenvalue weighted by Crippen LogP contribution is -2.32. The van der Waals surface area contributed by atoms with Crippen LogP contribution in [0.2, 0.25) is 0 Å². The minimum atomic E-state index is -1.10. The van der Waals surface area contributed by atoms with Crippen molar-refractivity contribution in [3.8, 4) is 0 Å². The smallest absolute Gasteiger partial charge is 0.338 e. The Morgan fingerprint density at radius 3 is 2.85 bits per heavy atom. The third kappa shape index (κ3) is 3.39. The van der Waals surface area contributed by atoms with Gasteiger partial charge in [-0.1, -0.05) is 0 Å². The summed E-state index contributed by atoms with van der Waals surface area (Å²) >= 11 is 0. The number of carboxylic acids is 1. The van der Waals surface area contributed by atoms with Gasteiger partial charge in [-0.05, 0) is 32.7 Å². The summed E-state index contributed by atoms with van der Waals surface area (Å²) in [5.74, 6) is -0.979. The molecule has 1 unspecified atom stereocenters. The minimum absolute atomic E-state index is 0.0120. The highest BCUT2D eigenvalue weighted by atomic mass is 16.4. The van der Waals surface area contributed by atoms with Gasteiger partial charge < -0.3 is 19.7 Å². The average molecular weight is 280 g/mol. The Hall–Kier alpha value is -1.82. The fourth-order valence-electron chi connectivity index (χ4n) is 2.39. The van der Waals surface area contributed by atoms with E-state index in [1.54, 1.807) is 0 Å². The van der Waals surface area contributed by atoms with Gasteiger partial charge >= 0.3 is 5.97 Å². The summed E-state index contributed by atoms with van der Waals surface area (Å²) in [5.41, 5.74) is -0.0120. The van der Waals surface area contributed by atoms with Crippen LogP contribution in [0.4, 0.5) is 0 Å². The molecule has 1 atom stereocenters. The van der Waals surface area contributed by atoms with Crippen LogP contribution >= 0.6 is 0 Å². The first kappa shape index (κ1) is 14.6. The summed E-state index contributed by atoms with van der Waals surface area (Å²) in [6, 6.07) is 1.77. The molecule has 1 fully saturated rings. The van der Waals surface area contributed by atoms with Gasteiger partial charge in [0.15, 0.2) is 5.76 Å². The van der Waals surface area contributed by atoms with E-state index in [1.165, 1.54) is 6.07 Å². The molecule has 1 aliphatic heterocycles. The number of hydrogen-bond donors (Lipinski definition) is 2. The summed E-state index contributed by atoms with van der Waals surface area (Å²) in [6.07, 6.45) is 2.14. The zero-order chi connectivity index (χ0) is 14.7. The Balaban J connectivity index is 1.82. The molecule has 2 rings (SSSR count). The second-order valence-electron chi connectivity index (χ2n) is 5.46. The van der Waals surface area contributed by atoms with E-state index in [0.29, 0.717) is 18.5 Å². The number of rotatable bonds is 5. The molecule has 1 saturated heterocycles. The minimum Gasteiger partial charge on any atom is -0.478 e. The number of nitrogens with zero attached hydrogens (tertiary/aromatic N) is 1. The molecule has 6 nitrogen and oxygen atoms in total. The highest BCUT2D eigenvalue weighted by molar-refractivity contribution is 5.95. The predicted octanol–water partition coefficient (Wildman–Crippen LogP) is 1.44. The molecule has 2 N–H and O–H groups in total. The van der Waals surface area contributed by atoms with Crippen molar-refractivity contribution in [3.63, 3.8) is 0 Å². The molecule has 1 aromatic rings. The van der Waals surface area contributed by atoms with Gasteiger partial charge in [-0.2, -0.15) is 0 Å². The number of furan rings is 1. The lowest BCUT2D eigenvalue weighted by Gasteiger charge is -2.20. The second kappa shape index (κ2) is 6.09. The van der Waals surface area contributed by atoms with Crippen molar-refractivity contribution in [3.05, 3.63) is 23.7 Å². The molecule has 1 amide bonds. The molecule has 6 heteroatoms. The highest BCUT2D eigenvalue weighted by Crippen LogP contribution is 2.17. The molecule has 2 heterocycles. The molecule has 0 radical (unpaired) electrons. The standard InChI is InChI=1S/C14H20N2O4/c1-9(2)16-4-3-10(7-16)6-15-13(17)12-5-11(8-20-12)14(18)19/h5,8-10H,3-4,6-7H2,1-2H3,(H,15,17)(H,18,19). The van der Waals surface area contributed by atoms with Crippen LogP contribution in [0.3, 0.4) is 0 Å². The topological polar surface area (TPSA) is 82.8 Å². The first-order chi connectivity index (χ1) is 9.47. The monoisotopic (exact) mass is 280 g/mol. The summed E-state index contributed by atoms with van der Waals surface area (Å²) in [7, 11) is 0. The van der Waals surface area contributed by atoms with Crippen molar-refractivity contribution in [2.45, 2.75) is 26.3 Å². The van der Waals surface area contributed by atoms with Crippen LogP contribution in [0.1, 0.15) is 41.2 Å². The van der Waals surface area contributed by atoms with E-state index in [9.17, 15) is 9.59 Å². The van der Waals surface area contributed by atoms with Crippen molar-refractivity contribution in [1.29, 1.82) is 0 Å². The number of likely N-dealkylation sites (tertiary alicyclic amines) is 1. The lowest BCUT2D eigenvalue weighted by molar-refractivity contribution is 0.0696. The molecule has 1 aliphatic rings. The molecular weight excluding hydrogens is 260 g/mol. The SMILES string of the molecule is CC(C)N1CCC(CNC(=O)c2cc(C(=O)O)co2)C1. The third-order valence-electron chi connectivity index (χ3n) is 3.67. The van der Waals surface area contributed by atoms with Gasteiger partial charge in [0, 0.05) is 25.2 Å². The van der Waals surface area contributed by atoms with Gasteiger partial charge in [-0.15, -0.1) is 0 Å². The van der Waals surface area contributed by atoms with Crippen molar-refractivity contribution < 1.29 is 19.1 Å². The van der Waals surface area contributed by atoms with Crippen LogP contribution in [0, 0.1) is 5.92 Å². The van der Waals surface area contributed by atoms with E-state index in [2.05, 4.69) is 24.1 Å². The number of carboxylic acid groups (broad SMARTS) is 1. The van der Waals surface area contributed by atoms with Gasteiger partial charge in [0.2, 0.25) is 0 Å². The number of carbonyl (C=O) groups excluding carboxylic acids is 1. The molecule has 1 aromatic heterocycles. The number of carbonyl (C=O) groups is 2. The molecule has 0 aromatic carbocycles. The van der Waals surface area contributed by atoms with Crippen LogP contribution in [0.5, 0.6) is 0 Å². The van der Waals surface area contributed by atoms with Crippen molar-refractivity contribution in [2.24, 2.45) is 5.92 Å². The van der Waals surface area contributed by atoms with Gasteiger partial charge in [0.1, 0.15) is 6.26 Å². The summed E-state index contributed by atoms with van der Waals surface area (Å²) in [4.78, 5) is 24.9. The first-order valence-electron chi connectivity index (χ1n) is 6.81. The number of aromatic carboxylic acids is 1. The van der Waals surface area contributed by atoms with Crippen LogP contribution in [-0.2, 0) is 0 Å². The predicted molar refractivity (Wildman–Crippen MR) is 72.8 cm³/mol. The fraction of sp³-hybridized carbons (Fsp3) is 0.571. The second-order valence-corrected chi connectivity index (χ2v) is 5.46. The first-order valence-corrected chi connectivity index (χ1v) is 6.81. The van der Waals surface area contributed by atoms with Gasteiger partial charge in [-0.3, -0.25) is 4.79 Å². The van der Waals surface area contributed by atoms with Crippen LogP contribution < -0.4 is 5.32 Å². The van der Waals surface area contributed by atoms with E-state index >= 15 is 0 Å². The van der Waals surface area contributed by atoms with Crippen LogP contribution in [0.25, 0.3) is 0 Å². The summed E-state index contributed by atoms with van der Waals surface area (Å²) < 4.78 is 4.96. The van der Waals surface area contributed by atoms with E-state index in [0.717, 1.165) is 25.8 Å². The van der Waals surface area contributed by atoms with E-state index < -0.39 is 5.97 Å². The quantitative estimate of drug-likeness (QED) is 0.852. The Kier molecular flexibility index (Phi) is 4.44. The lowest BCUT2D eigenvalue weighted by atomic mass is 10.1. The van der Waals surface area contributed by atoms with Crippen LogP contribution in [-0.4, -0.2) is 47.6 Å². The Morgan fingerprint density at radius 2 is 2.30 bits per heavy atom. The molecule has 0 aliphatic carbocycles. The third-order valence-corrected chi connectivity index (χ3v) is 3.67. The number of nitrogens with one attached hydrogen (secondary N) is 1. The fourth-order valence-corrected chi connectivity index (χ4v) is 2.39. The number of amides is 1. The maximum Gasteiger partial charge on any atom is 0.338 e. The normalized spacial score (nSPS) is 19.4. The molecule has 0 bridgehead atoms. The Labute approximate surface area is 117 Å². The van der Waals surface area contributed by atoms with Gasteiger partial charge in [0.25, 0.3) is 5.91 Å². The van der Waals surface area contributed by atoms with Gasteiger partial charge in [-0.25, -0.2) is 4.79 Å². The largest absolute Gasteiger partial charge is 0.478 e. The van der Waals surface area contributed by atoms with Crippen LogP contribution in [0.15, 0.2) is 16.7 Å². The van der Waals surface area contributed by atoms with E-state index in [4.69, 9.17) is 9.52 Å². The van der Waals surface area contributed by atoms with Crippen molar-refractivity contribution in [1.82, 2.24) is 10.2 Å². The molecule has 20 heavy (non-hydrogen) atoms. The highest BCUT2D eigenvalue weighted by Gasteiger charge is 2.25. The Bertz CT molecular complexity index is 495. The average Bonchev–Trinajstić information content (AvgIpc) is 3.05. The van der Waals surface area contributed by atoms with Crippen molar-refractivity contribution >= 4 is 11.9 Å². The van der Waals surface area contributed by atoms with E-state index in [1.807, 2.05) is 0 Å². The zero-order valence-electron chi connectivity index (χ0n) is 11.8. The van der Waals surface area contributed by atoms with Crippen molar-refractivity contribution in [2.75, 3.05) is 19.6 Å². The maximum absolute atomic E-state index is 11.8. The molecule has 110 valence electrons. The molecular formula is C14H20N2O4. The zero-order valence-corrected chi connectivity index (χ0v) is 11.8. The maximum atomic E-state index is 11.8. The number of hydrogen-bond acceptors (Lipinski definition) is 4. The summed E-state index contributed by atoms with van der Waals surface area (Å²) in [5, 5.41) is 11.6. The Morgan fingerprint density at radius 1 is 1.55 bits per heavy atom.